The minimum Gasteiger partial charge on any atom is -0.459 e. The molecule has 1 saturated heterocycles. The molecule has 126 valence electrons. The van der Waals surface area contributed by atoms with Crippen LogP contribution >= 0.6 is 0 Å². The Morgan fingerprint density at radius 1 is 1.35 bits per heavy atom. The molecule has 1 aliphatic heterocycles. The van der Waals surface area contributed by atoms with Gasteiger partial charge in [0.25, 0.3) is 5.91 Å². The average molecular weight is 318 g/mol. The molecule has 1 aliphatic carbocycles. The lowest BCUT2D eigenvalue weighted by Gasteiger charge is -2.36. The summed E-state index contributed by atoms with van der Waals surface area (Å²) in [6.07, 6.45) is 5.33. The molecule has 1 aromatic heterocycles. The molecule has 0 radical (unpaired) electrons. The number of carbonyl (C=O) groups excluding carboxylic acids is 1. The van der Waals surface area contributed by atoms with Crippen molar-refractivity contribution >= 4 is 11.9 Å². The lowest BCUT2D eigenvalue weighted by Crippen LogP contribution is -2.54. The fraction of sp³-hybridized carbons (Fsp3) is 0.647. The number of amides is 1. The zero-order chi connectivity index (χ0) is 16.2. The summed E-state index contributed by atoms with van der Waals surface area (Å²) >= 11 is 0. The number of hydrogen-bond donors (Lipinski definition) is 1. The molecule has 2 aliphatic rings. The van der Waals surface area contributed by atoms with Gasteiger partial charge >= 0.3 is 0 Å². The largest absolute Gasteiger partial charge is 0.459 e. The van der Waals surface area contributed by atoms with Gasteiger partial charge in [-0.2, -0.15) is 0 Å². The monoisotopic (exact) mass is 318 g/mol. The number of hydrogen-bond acceptors (Lipinski definition) is 3. The van der Waals surface area contributed by atoms with Crippen molar-refractivity contribution in [1.82, 2.24) is 15.1 Å². The third kappa shape index (κ3) is 3.68. The molecule has 3 rings (SSSR count). The van der Waals surface area contributed by atoms with Crippen molar-refractivity contribution in [3.63, 3.8) is 0 Å². The number of nitrogens with one attached hydrogen (secondary N) is 1. The standard InChI is InChI=1S/C17H26N4O2/c1-3-5-13-12-14(13)19-17(18-2)21-9-7-20(8-10-21)16(22)15-6-4-11-23-15/h4,6,11,13-14H,3,5,7-10,12H2,1-2H3,(H,18,19). The maximum atomic E-state index is 12.3. The summed E-state index contributed by atoms with van der Waals surface area (Å²) in [6, 6.07) is 4.05. The Morgan fingerprint density at radius 2 is 2.09 bits per heavy atom. The van der Waals surface area contributed by atoms with E-state index in [0.29, 0.717) is 24.9 Å². The summed E-state index contributed by atoms with van der Waals surface area (Å²) < 4.78 is 5.20. The van der Waals surface area contributed by atoms with Crippen LogP contribution in [0.1, 0.15) is 36.7 Å². The van der Waals surface area contributed by atoms with Crippen molar-refractivity contribution < 1.29 is 9.21 Å². The summed E-state index contributed by atoms with van der Waals surface area (Å²) in [6.45, 7) is 5.24. The van der Waals surface area contributed by atoms with Crippen LogP contribution in [0.3, 0.4) is 0 Å². The first-order chi connectivity index (χ1) is 11.2. The highest BCUT2D eigenvalue weighted by Crippen LogP contribution is 2.34. The molecule has 2 fully saturated rings. The second-order valence-corrected chi connectivity index (χ2v) is 6.34. The third-order valence-electron chi connectivity index (χ3n) is 4.71. The summed E-state index contributed by atoms with van der Waals surface area (Å²) in [5.41, 5.74) is 0. The Balaban J connectivity index is 1.49. The van der Waals surface area contributed by atoms with Gasteiger partial charge in [0.15, 0.2) is 11.7 Å². The summed E-state index contributed by atoms with van der Waals surface area (Å²) in [5.74, 6) is 2.17. The fourth-order valence-electron chi connectivity index (χ4n) is 3.25. The molecule has 0 bridgehead atoms. The summed E-state index contributed by atoms with van der Waals surface area (Å²) in [5, 5.41) is 3.57. The molecule has 1 aromatic rings. The van der Waals surface area contributed by atoms with Gasteiger partial charge < -0.3 is 19.5 Å². The van der Waals surface area contributed by atoms with Crippen LogP contribution in [0.2, 0.25) is 0 Å². The van der Waals surface area contributed by atoms with E-state index in [9.17, 15) is 4.79 Å². The smallest absolute Gasteiger partial charge is 0.289 e. The van der Waals surface area contributed by atoms with Crippen LogP contribution in [0.25, 0.3) is 0 Å². The molecule has 1 N–H and O–H groups in total. The van der Waals surface area contributed by atoms with E-state index in [2.05, 4.69) is 22.1 Å². The van der Waals surface area contributed by atoms with Gasteiger partial charge in [0.2, 0.25) is 0 Å². The second-order valence-electron chi connectivity index (χ2n) is 6.34. The van der Waals surface area contributed by atoms with E-state index in [0.717, 1.165) is 25.0 Å². The Labute approximate surface area is 137 Å². The Hall–Kier alpha value is -1.98. The Morgan fingerprint density at radius 3 is 2.70 bits per heavy atom. The van der Waals surface area contributed by atoms with Crippen molar-refractivity contribution in [2.75, 3.05) is 33.2 Å². The van der Waals surface area contributed by atoms with Gasteiger partial charge in [-0.1, -0.05) is 13.3 Å². The fourth-order valence-corrected chi connectivity index (χ4v) is 3.25. The van der Waals surface area contributed by atoms with Crippen LogP contribution in [0.15, 0.2) is 27.8 Å². The van der Waals surface area contributed by atoms with E-state index in [-0.39, 0.29) is 5.91 Å². The van der Waals surface area contributed by atoms with Crippen molar-refractivity contribution in [1.29, 1.82) is 0 Å². The number of rotatable bonds is 4. The molecule has 23 heavy (non-hydrogen) atoms. The van der Waals surface area contributed by atoms with Crippen LogP contribution in [0, 0.1) is 5.92 Å². The topological polar surface area (TPSA) is 61.1 Å². The van der Waals surface area contributed by atoms with E-state index in [1.54, 1.807) is 12.1 Å². The average Bonchev–Trinajstić information content (AvgIpc) is 3.09. The Kier molecular flexibility index (Phi) is 4.88. The molecule has 1 amide bonds. The van der Waals surface area contributed by atoms with Crippen molar-refractivity contribution in [2.45, 2.75) is 32.2 Å². The molecule has 6 nitrogen and oxygen atoms in total. The first-order valence-electron chi connectivity index (χ1n) is 8.54. The van der Waals surface area contributed by atoms with Crippen LogP contribution in [-0.2, 0) is 0 Å². The van der Waals surface area contributed by atoms with Crippen molar-refractivity contribution in [3.8, 4) is 0 Å². The zero-order valence-corrected chi connectivity index (χ0v) is 14.0. The van der Waals surface area contributed by atoms with Crippen LogP contribution in [0.4, 0.5) is 0 Å². The van der Waals surface area contributed by atoms with E-state index in [1.807, 2.05) is 11.9 Å². The van der Waals surface area contributed by atoms with Crippen LogP contribution in [0.5, 0.6) is 0 Å². The highest BCUT2D eigenvalue weighted by molar-refractivity contribution is 5.91. The van der Waals surface area contributed by atoms with E-state index in [1.165, 1.54) is 25.5 Å². The van der Waals surface area contributed by atoms with E-state index in [4.69, 9.17) is 4.42 Å². The molecule has 1 saturated carbocycles. The number of nitrogens with zero attached hydrogens (tertiary/aromatic N) is 3. The lowest BCUT2D eigenvalue weighted by molar-refractivity contribution is 0.0657. The molecule has 0 aromatic carbocycles. The minimum atomic E-state index is -0.0252. The minimum absolute atomic E-state index is 0.0252. The van der Waals surface area contributed by atoms with Gasteiger partial charge in [-0.25, -0.2) is 0 Å². The van der Waals surface area contributed by atoms with Gasteiger partial charge in [-0.05, 0) is 30.9 Å². The first kappa shape index (κ1) is 15.9. The van der Waals surface area contributed by atoms with E-state index >= 15 is 0 Å². The number of guanidine groups is 1. The molecule has 2 atom stereocenters. The molecule has 0 spiro atoms. The maximum absolute atomic E-state index is 12.3. The SMILES string of the molecule is CCCC1CC1NC(=NC)N1CCN(C(=O)c2ccco2)CC1. The lowest BCUT2D eigenvalue weighted by atomic mass is 10.2. The predicted molar refractivity (Wildman–Crippen MR) is 89.5 cm³/mol. The molecule has 2 unspecified atom stereocenters. The summed E-state index contributed by atoms with van der Waals surface area (Å²) in [4.78, 5) is 20.8. The van der Waals surface area contributed by atoms with Crippen LogP contribution < -0.4 is 5.32 Å². The van der Waals surface area contributed by atoms with E-state index < -0.39 is 0 Å². The van der Waals surface area contributed by atoms with Gasteiger partial charge in [0.1, 0.15) is 0 Å². The van der Waals surface area contributed by atoms with Gasteiger partial charge in [-0.3, -0.25) is 9.79 Å². The highest BCUT2D eigenvalue weighted by atomic mass is 16.3. The molecule has 2 heterocycles. The van der Waals surface area contributed by atoms with Gasteiger partial charge in [0, 0.05) is 39.3 Å². The predicted octanol–water partition coefficient (Wildman–Crippen LogP) is 1.80. The molecule has 6 heteroatoms. The van der Waals surface area contributed by atoms with Crippen molar-refractivity contribution in [2.24, 2.45) is 10.9 Å². The zero-order valence-electron chi connectivity index (χ0n) is 14.0. The normalized spacial score (nSPS) is 24.7. The number of carbonyl (C=O) groups is 1. The maximum Gasteiger partial charge on any atom is 0.289 e. The van der Waals surface area contributed by atoms with Crippen molar-refractivity contribution in [3.05, 3.63) is 24.2 Å². The highest BCUT2D eigenvalue weighted by Gasteiger charge is 2.37. The van der Waals surface area contributed by atoms with Gasteiger partial charge in [0.05, 0.1) is 6.26 Å². The number of furan rings is 1. The first-order valence-corrected chi connectivity index (χ1v) is 8.54. The third-order valence-corrected chi connectivity index (χ3v) is 4.71. The number of piperazine rings is 1. The summed E-state index contributed by atoms with van der Waals surface area (Å²) in [7, 11) is 1.83. The number of aliphatic imine (C=N–C) groups is 1. The quantitative estimate of drug-likeness (QED) is 0.679. The Bertz CT molecular complexity index is 547. The van der Waals surface area contributed by atoms with Crippen LogP contribution in [-0.4, -0.2) is 60.9 Å². The molecular formula is C17H26N4O2. The second kappa shape index (κ2) is 7.06. The van der Waals surface area contributed by atoms with Gasteiger partial charge in [-0.15, -0.1) is 0 Å². The molecular weight excluding hydrogens is 292 g/mol.